The van der Waals surface area contributed by atoms with E-state index in [4.69, 9.17) is 9.84 Å². The van der Waals surface area contributed by atoms with Gasteiger partial charge in [0, 0.05) is 12.0 Å². The van der Waals surface area contributed by atoms with E-state index in [9.17, 15) is 9.59 Å². The summed E-state index contributed by atoms with van der Waals surface area (Å²) in [6.45, 7) is 5.44. The van der Waals surface area contributed by atoms with Gasteiger partial charge in [-0.05, 0) is 44.9 Å². The number of rotatable bonds is 6. The lowest BCUT2D eigenvalue weighted by atomic mass is 10.1. The number of hydrogen-bond donors (Lipinski definition) is 2. The van der Waals surface area contributed by atoms with Gasteiger partial charge in [-0.3, -0.25) is 4.79 Å². The molecule has 0 aromatic heterocycles. The number of nitrogens with one attached hydrogen (secondary N) is 1. The van der Waals surface area contributed by atoms with Crippen LogP contribution in [0.15, 0.2) is 24.3 Å². The van der Waals surface area contributed by atoms with E-state index in [2.05, 4.69) is 5.32 Å². The lowest BCUT2D eigenvalue weighted by Gasteiger charge is -2.20. The molecule has 110 valence electrons. The first-order valence-corrected chi connectivity index (χ1v) is 6.51. The largest absolute Gasteiger partial charge is 0.482 e. The van der Waals surface area contributed by atoms with Crippen molar-refractivity contribution in [1.29, 1.82) is 0 Å². The second-order valence-electron chi connectivity index (χ2n) is 5.63. The Morgan fingerprint density at radius 3 is 2.60 bits per heavy atom. The summed E-state index contributed by atoms with van der Waals surface area (Å²) < 4.78 is 5.10. The Hall–Kier alpha value is -2.04. The molecule has 0 aliphatic carbocycles. The van der Waals surface area contributed by atoms with E-state index in [0.717, 1.165) is 5.56 Å². The first-order valence-electron chi connectivity index (χ1n) is 6.51. The van der Waals surface area contributed by atoms with E-state index < -0.39 is 5.97 Å². The van der Waals surface area contributed by atoms with Crippen LogP contribution in [0.3, 0.4) is 0 Å². The molecule has 1 aromatic rings. The fraction of sp³-hybridized carbons (Fsp3) is 0.467. The van der Waals surface area contributed by atoms with Crippen LogP contribution in [0, 0.1) is 0 Å². The highest BCUT2D eigenvalue weighted by molar-refractivity contribution is 5.76. The summed E-state index contributed by atoms with van der Waals surface area (Å²) in [7, 11) is 0. The number of carbonyl (C=O) groups excluding carboxylic acids is 1. The van der Waals surface area contributed by atoms with Gasteiger partial charge in [-0.2, -0.15) is 0 Å². The molecule has 0 saturated carbocycles. The van der Waals surface area contributed by atoms with Crippen LogP contribution in [0.5, 0.6) is 5.75 Å². The molecule has 0 aliphatic rings. The van der Waals surface area contributed by atoms with Crippen LogP contribution in [-0.4, -0.2) is 29.1 Å². The molecule has 20 heavy (non-hydrogen) atoms. The van der Waals surface area contributed by atoms with E-state index in [1.54, 1.807) is 18.2 Å². The highest BCUT2D eigenvalue weighted by atomic mass is 16.5. The Morgan fingerprint density at radius 2 is 2.00 bits per heavy atom. The number of hydrogen-bond acceptors (Lipinski definition) is 3. The first-order chi connectivity index (χ1) is 9.26. The third-order valence-corrected chi connectivity index (χ3v) is 2.42. The van der Waals surface area contributed by atoms with E-state index in [0.29, 0.717) is 18.6 Å². The van der Waals surface area contributed by atoms with Crippen molar-refractivity contribution in [1.82, 2.24) is 5.32 Å². The molecule has 0 radical (unpaired) electrons. The van der Waals surface area contributed by atoms with Crippen LogP contribution >= 0.6 is 0 Å². The van der Waals surface area contributed by atoms with Crippen molar-refractivity contribution in [3.05, 3.63) is 29.8 Å². The zero-order valence-electron chi connectivity index (χ0n) is 12.1. The fourth-order valence-electron chi connectivity index (χ4n) is 1.67. The molecular formula is C15H21NO4. The average molecular weight is 279 g/mol. The molecule has 1 rings (SSSR count). The number of carbonyl (C=O) groups is 2. The third kappa shape index (κ3) is 6.78. The van der Waals surface area contributed by atoms with Crippen LogP contribution in [0.1, 0.15) is 32.8 Å². The van der Waals surface area contributed by atoms with Gasteiger partial charge in [-0.25, -0.2) is 4.79 Å². The third-order valence-electron chi connectivity index (χ3n) is 2.42. The molecule has 0 unspecified atom stereocenters. The lowest BCUT2D eigenvalue weighted by molar-refractivity contribution is -0.139. The molecule has 1 aromatic carbocycles. The average Bonchev–Trinajstić information content (AvgIpc) is 2.32. The molecule has 0 fully saturated rings. The van der Waals surface area contributed by atoms with Crippen molar-refractivity contribution in [3.63, 3.8) is 0 Å². The number of carboxylic acid groups (broad SMARTS) is 1. The Morgan fingerprint density at radius 1 is 1.30 bits per heavy atom. The van der Waals surface area contributed by atoms with Gasteiger partial charge < -0.3 is 15.2 Å². The molecule has 5 heteroatoms. The van der Waals surface area contributed by atoms with E-state index >= 15 is 0 Å². The summed E-state index contributed by atoms with van der Waals surface area (Å²) in [4.78, 5) is 22.1. The Kier molecular flexibility index (Phi) is 5.55. The van der Waals surface area contributed by atoms with Crippen LogP contribution in [0.4, 0.5) is 0 Å². The summed E-state index contributed by atoms with van der Waals surface area (Å²) in [5.74, 6) is -0.518. The number of amides is 1. The standard InChI is InChI=1S/C15H21NO4/c1-15(2,3)16-13(17)8-7-11-5-4-6-12(9-11)20-10-14(18)19/h4-6,9H,7-8,10H2,1-3H3,(H,16,17)(H,18,19). The van der Waals surface area contributed by atoms with Gasteiger partial charge in [-0.1, -0.05) is 12.1 Å². The highest BCUT2D eigenvalue weighted by Gasteiger charge is 2.13. The maximum Gasteiger partial charge on any atom is 0.341 e. The second-order valence-corrected chi connectivity index (χ2v) is 5.63. The molecule has 0 heterocycles. The maximum atomic E-state index is 11.7. The quantitative estimate of drug-likeness (QED) is 0.835. The zero-order valence-corrected chi connectivity index (χ0v) is 12.1. The minimum Gasteiger partial charge on any atom is -0.482 e. The van der Waals surface area contributed by atoms with E-state index in [1.165, 1.54) is 0 Å². The van der Waals surface area contributed by atoms with Crippen molar-refractivity contribution < 1.29 is 19.4 Å². The number of aliphatic carboxylic acids is 1. The maximum absolute atomic E-state index is 11.7. The van der Waals surface area contributed by atoms with Crippen LogP contribution in [-0.2, 0) is 16.0 Å². The molecule has 0 bridgehead atoms. The minimum absolute atomic E-state index is 0.00522. The summed E-state index contributed by atoms with van der Waals surface area (Å²) in [6, 6.07) is 7.13. The summed E-state index contributed by atoms with van der Waals surface area (Å²) >= 11 is 0. The van der Waals surface area contributed by atoms with Crippen molar-refractivity contribution in [2.75, 3.05) is 6.61 Å². The molecule has 0 spiro atoms. The molecule has 2 N–H and O–H groups in total. The summed E-state index contributed by atoms with van der Waals surface area (Å²) in [6.07, 6.45) is 0.978. The minimum atomic E-state index is -1.01. The van der Waals surface area contributed by atoms with E-state index in [1.807, 2.05) is 26.8 Å². The van der Waals surface area contributed by atoms with Gasteiger partial charge in [-0.15, -0.1) is 0 Å². The number of aryl methyl sites for hydroxylation is 1. The SMILES string of the molecule is CC(C)(C)NC(=O)CCc1cccc(OCC(=O)O)c1. The second kappa shape index (κ2) is 6.93. The monoisotopic (exact) mass is 279 g/mol. The van der Waals surface area contributed by atoms with Gasteiger partial charge in [0.1, 0.15) is 5.75 Å². The highest BCUT2D eigenvalue weighted by Crippen LogP contribution is 2.14. The van der Waals surface area contributed by atoms with Crippen molar-refractivity contribution in [2.45, 2.75) is 39.2 Å². The Balaban J connectivity index is 2.50. The summed E-state index contributed by atoms with van der Waals surface area (Å²) in [5, 5.41) is 11.4. The lowest BCUT2D eigenvalue weighted by Crippen LogP contribution is -2.40. The fourth-order valence-corrected chi connectivity index (χ4v) is 1.67. The number of ether oxygens (including phenoxy) is 1. The molecular weight excluding hydrogens is 258 g/mol. The van der Waals surface area contributed by atoms with Gasteiger partial charge in [0.05, 0.1) is 0 Å². The van der Waals surface area contributed by atoms with Gasteiger partial charge >= 0.3 is 5.97 Å². The van der Waals surface area contributed by atoms with Gasteiger partial charge in [0.15, 0.2) is 6.61 Å². The van der Waals surface area contributed by atoms with E-state index in [-0.39, 0.29) is 18.1 Å². The van der Waals surface area contributed by atoms with Crippen LogP contribution in [0.2, 0.25) is 0 Å². The zero-order chi connectivity index (χ0) is 15.2. The smallest absolute Gasteiger partial charge is 0.341 e. The normalized spacial score (nSPS) is 10.9. The summed E-state index contributed by atoms with van der Waals surface area (Å²) in [5.41, 5.74) is 0.709. The number of carboxylic acids is 1. The molecule has 0 aliphatic heterocycles. The number of benzene rings is 1. The molecule has 5 nitrogen and oxygen atoms in total. The van der Waals surface area contributed by atoms with Crippen LogP contribution < -0.4 is 10.1 Å². The van der Waals surface area contributed by atoms with Crippen molar-refractivity contribution in [3.8, 4) is 5.75 Å². The van der Waals surface area contributed by atoms with Crippen molar-refractivity contribution in [2.24, 2.45) is 0 Å². The predicted molar refractivity (Wildman–Crippen MR) is 75.8 cm³/mol. The van der Waals surface area contributed by atoms with Crippen LogP contribution in [0.25, 0.3) is 0 Å². The predicted octanol–water partition coefficient (Wildman–Crippen LogP) is 2.00. The molecule has 0 saturated heterocycles. The Labute approximate surface area is 118 Å². The first kappa shape index (κ1) is 16.0. The Bertz CT molecular complexity index is 477. The molecule has 1 amide bonds. The topological polar surface area (TPSA) is 75.6 Å². The molecule has 0 atom stereocenters. The van der Waals surface area contributed by atoms with Crippen molar-refractivity contribution >= 4 is 11.9 Å². The van der Waals surface area contributed by atoms with Gasteiger partial charge in [0.25, 0.3) is 0 Å². The van der Waals surface area contributed by atoms with Gasteiger partial charge in [0.2, 0.25) is 5.91 Å².